The topological polar surface area (TPSA) is 0 Å². The molecule has 0 saturated carbocycles. The van der Waals surface area contributed by atoms with Gasteiger partial charge in [0.15, 0.2) is 0 Å². The van der Waals surface area contributed by atoms with E-state index >= 15 is 0 Å². The minimum atomic E-state index is 0.444. The Morgan fingerprint density at radius 1 is 0.576 bits per heavy atom. The van der Waals surface area contributed by atoms with Crippen molar-refractivity contribution in [3.05, 3.63) is 138 Å². The van der Waals surface area contributed by atoms with Gasteiger partial charge in [0.25, 0.3) is 0 Å². The molecule has 0 aliphatic heterocycles. The normalized spacial score (nSPS) is 15.7. The summed E-state index contributed by atoms with van der Waals surface area (Å²) in [6.07, 6.45) is 8.17. The summed E-state index contributed by atoms with van der Waals surface area (Å²) < 4.78 is 0. The Kier molecular flexibility index (Phi) is 4.92. The van der Waals surface area contributed by atoms with Crippen molar-refractivity contribution >= 4 is 27.1 Å². The quantitative estimate of drug-likeness (QED) is 0.254. The molecule has 0 heterocycles. The number of hydrogen-bond acceptors (Lipinski definition) is 0. The molecule has 0 radical (unpaired) electrons. The molecule has 33 heavy (non-hydrogen) atoms. The lowest BCUT2D eigenvalue weighted by Crippen LogP contribution is -2.00. The molecule has 5 aromatic rings. The Balaban J connectivity index is 1.57. The number of benzene rings is 5. The monoisotopic (exact) mass is 422 g/mol. The fourth-order valence-electron chi connectivity index (χ4n) is 5.22. The standard InChI is InChI=1S/C33H26/c1-23-15-17-26(18-16-23)32-28-11-5-7-13-30(28)33(31-14-8-6-12-29(31)32)27-21-19-25(20-22-27)24-9-3-2-4-10-24/h2-19,21-22,25H,20H2,1H3. The number of aryl methyl sites for hydroxylation is 1. The predicted molar refractivity (Wildman–Crippen MR) is 143 cm³/mol. The van der Waals surface area contributed by atoms with Gasteiger partial charge in [-0.25, -0.2) is 0 Å². The van der Waals surface area contributed by atoms with Crippen molar-refractivity contribution in [1.82, 2.24) is 0 Å². The van der Waals surface area contributed by atoms with E-state index < -0.39 is 0 Å². The number of hydrogen-bond donors (Lipinski definition) is 0. The molecule has 1 aliphatic rings. The Bertz CT molecular complexity index is 1460. The van der Waals surface area contributed by atoms with Gasteiger partial charge >= 0.3 is 0 Å². The van der Waals surface area contributed by atoms with E-state index in [0.717, 1.165) is 6.42 Å². The van der Waals surface area contributed by atoms with Crippen molar-refractivity contribution < 1.29 is 0 Å². The Morgan fingerprint density at radius 3 is 1.67 bits per heavy atom. The summed E-state index contributed by atoms with van der Waals surface area (Å²) in [6, 6.07) is 37.5. The van der Waals surface area contributed by atoms with E-state index in [9.17, 15) is 0 Å². The third-order valence-electron chi connectivity index (χ3n) is 6.89. The first-order valence-electron chi connectivity index (χ1n) is 11.7. The fourth-order valence-corrected chi connectivity index (χ4v) is 5.22. The van der Waals surface area contributed by atoms with Gasteiger partial charge in [0.1, 0.15) is 0 Å². The number of fused-ring (bicyclic) bond motifs is 2. The summed E-state index contributed by atoms with van der Waals surface area (Å²) in [6.45, 7) is 2.15. The van der Waals surface area contributed by atoms with Gasteiger partial charge in [-0.3, -0.25) is 0 Å². The molecule has 0 saturated heterocycles. The van der Waals surface area contributed by atoms with Crippen LogP contribution in [-0.2, 0) is 0 Å². The molecule has 1 atom stereocenters. The molecule has 0 bridgehead atoms. The van der Waals surface area contributed by atoms with Crippen LogP contribution in [-0.4, -0.2) is 0 Å². The van der Waals surface area contributed by atoms with Crippen LogP contribution in [0, 0.1) is 6.92 Å². The van der Waals surface area contributed by atoms with E-state index in [4.69, 9.17) is 0 Å². The lowest BCUT2D eigenvalue weighted by Gasteiger charge is -2.21. The van der Waals surface area contributed by atoms with Crippen molar-refractivity contribution in [2.24, 2.45) is 0 Å². The molecule has 1 aliphatic carbocycles. The zero-order valence-corrected chi connectivity index (χ0v) is 18.8. The highest BCUT2D eigenvalue weighted by Crippen LogP contribution is 2.43. The van der Waals surface area contributed by atoms with Crippen molar-refractivity contribution in [3.63, 3.8) is 0 Å². The minimum absolute atomic E-state index is 0.444. The molecule has 6 rings (SSSR count). The van der Waals surface area contributed by atoms with Gasteiger partial charge in [-0.2, -0.15) is 0 Å². The molecule has 0 heteroatoms. The first kappa shape index (κ1) is 19.8. The fraction of sp³-hybridized carbons (Fsp3) is 0.0909. The zero-order chi connectivity index (χ0) is 22.2. The number of rotatable bonds is 3. The van der Waals surface area contributed by atoms with E-state index in [-0.39, 0.29) is 0 Å². The van der Waals surface area contributed by atoms with Crippen LogP contribution in [0.1, 0.15) is 29.0 Å². The lowest BCUT2D eigenvalue weighted by molar-refractivity contribution is 0.857. The molecular formula is C33H26. The van der Waals surface area contributed by atoms with Crippen LogP contribution < -0.4 is 0 Å². The maximum atomic E-state index is 2.43. The van der Waals surface area contributed by atoms with Gasteiger partial charge in [-0.1, -0.05) is 127 Å². The first-order chi connectivity index (χ1) is 16.3. The van der Waals surface area contributed by atoms with Crippen LogP contribution in [0.3, 0.4) is 0 Å². The summed E-state index contributed by atoms with van der Waals surface area (Å²) in [5.74, 6) is 0.444. The van der Waals surface area contributed by atoms with Gasteiger partial charge in [-0.15, -0.1) is 0 Å². The Labute approximate surface area is 195 Å². The van der Waals surface area contributed by atoms with Crippen molar-refractivity contribution in [2.75, 3.05) is 0 Å². The van der Waals surface area contributed by atoms with Crippen LogP contribution >= 0.6 is 0 Å². The summed E-state index contributed by atoms with van der Waals surface area (Å²) >= 11 is 0. The zero-order valence-electron chi connectivity index (χ0n) is 18.8. The molecule has 0 spiro atoms. The average Bonchev–Trinajstić information content (AvgIpc) is 2.88. The molecule has 0 amide bonds. The third kappa shape index (κ3) is 3.49. The van der Waals surface area contributed by atoms with E-state index in [0.29, 0.717) is 5.92 Å². The average molecular weight is 423 g/mol. The SMILES string of the molecule is Cc1ccc(-c2c3ccccc3c(C3=CCC(c4ccccc4)C=C3)c3ccccc23)cc1. The smallest absolute Gasteiger partial charge is 0.00561 e. The molecule has 0 nitrogen and oxygen atoms in total. The second-order valence-electron chi connectivity index (χ2n) is 8.98. The minimum Gasteiger partial charge on any atom is -0.0761 e. The second kappa shape index (κ2) is 8.22. The van der Waals surface area contributed by atoms with Crippen molar-refractivity contribution in [2.45, 2.75) is 19.3 Å². The molecular weight excluding hydrogens is 396 g/mol. The highest BCUT2D eigenvalue weighted by molar-refractivity contribution is 6.19. The van der Waals surface area contributed by atoms with Crippen LogP contribution in [0.4, 0.5) is 0 Å². The van der Waals surface area contributed by atoms with Gasteiger partial charge in [0.05, 0.1) is 0 Å². The predicted octanol–water partition coefficient (Wildman–Crippen LogP) is 9.10. The summed E-state index contributed by atoms with van der Waals surface area (Å²) in [5.41, 5.74) is 7.94. The van der Waals surface area contributed by atoms with Crippen LogP contribution in [0.5, 0.6) is 0 Å². The van der Waals surface area contributed by atoms with Crippen molar-refractivity contribution in [1.29, 1.82) is 0 Å². The molecule has 5 aromatic carbocycles. The Hall–Kier alpha value is -3.90. The lowest BCUT2D eigenvalue weighted by atomic mass is 9.82. The number of allylic oxidation sites excluding steroid dienone is 4. The Morgan fingerprint density at radius 2 is 1.12 bits per heavy atom. The van der Waals surface area contributed by atoms with Gasteiger partial charge < -0.3 is 0 Å². The summed E-state index contributed by atoms with van der Waals surface area (Å²) in [5, 5.41) is 5.27. The largest absolute Gasteiger partial charge is 0.0761 e. The maximum Gasteiger partial charge on any atom is 0.00561 e. The van der Waals surface area contributed by atoms with Gasteiger partial charge in [0, 0.05) is 5.92 Å². The highest BCUT2D eigenvalue weighted by atomic mass is 14.2. The molecule has 158 valence electrons. The molecule has 0 aromatic heterocycles. The van der Waals surface area contributed by atoms with Gasteiger partial charge in [0.2, 0.25) is 0 Å². The van der Waals surface area contributed by atoms with Gasteiger partial charge in [-0.05, 0) is 62.7 Å². The van der Waals surface area contributed by atoms with E-state index in [1.165, 1.54) is 54.9 Å². The van der Waals surface area contributed by atoms with Crippen LogP contribution in [0.25, 0.3) is 38.2 Å². The third-order valence-corrected chi connectivity index (χ3v) is 6.89. The van der Waals surface area contributed by atoms with Crippen LogP contribution in [0.15, 0.2) is 121 Å². The molecule has 1 unspecified atom stereocenters. The van der Waals surface area contributed by atoms with E-state index in [1.54, 1.807) is 0 Å². The van der Waals surface area contributed by atoms with Crippen LogP contribution in [0.2, 0.25) is 0 Å². The van der Waals surface area contributed by atoms with E-state index in [2.05, 4.69) is 128 Å². The molecule has 0 N–H and O–H groups in total. The van der Waals surface area contributed by atoms with E-state index in [1.807, 2.05) is 0 Å². The second-order valence-corrected chi connectivity index (χ2v) is 8.98. The summed E-state index contributed by atoms with van der Waals surface area (Å²) in [4.78, 5) is 0. The molecule has 0 fully saturated rings. The first-order valence-corrected chi connectivity index (χ1v) is 11.7. The van der Waals surface area contributed by atoms with Crippen molar-refractivity contribution in [3.8, 4) is 11.1 Å². The maximum absolute atomic E-state index is 2.43. The summed E-state index contributed by atoms with van der Waals surface area (Å²) in [7, 11) is 0. The highest BCUT2D eigenvalue weighted by Gasteiger charge is 2.19.